The standard InChI is InChI=1S/C16H18ClN3O/c1-3-7-19-15-5-4-12(17)9-13(15)16(21)20-14-6-8-18-10-11(14)2/h4-6,8-10,19H,3,7H2,1-2H3,(H,18,20,21). The third-order valence-electron chi connectivity index (χ3n) is 3.06. The van der Waals surface area contributed by atoms with E-state index in [2.05, 4.69) is 22.5 Å². The molecule has 1 aromatic heterocycles. The maximum Gasteiger partial charge on any atom is 0.257 e. The van der Waals surface area contributed by atoms with Crippen molar-refractivity contribution in [2.75, 3.05) is 17.2 Å². The molecular weight excluding hydrogens is 286 g/mol. The van der Waals surface area contributed by atoms with Gasteiger partial charge in [-0.1, -0.05) is 18.5 Å². The van der Waals surface area contributed by atoms with Gasteiger partial charge in [0.25, 0.3) is 5.91 Å². The van der Waals surface area contributed by atoms with E-state index in [9.17, 15) is 4.79 Å². The molecule has 4 nitrogen and oxygen atoms in total. The fourth-order valence-corrected chi connectivity index (χ4v) is 2.09. The van der Waals surface area contributed by atoms with Crippen LogP contribution < -0.4 is 10.6 Å². The summed E-state index contributed by atoms with van der Waals surface area (Å²) in [5, 5.41) is 6.67. The highest BCUT2D eigenvalue weighted by molar-refractivity contribution is 6.31. The number of aryl methyl sites for hydroxylation is 1. The number of hydrogen-bond donors (Lipinski definition) is 2. The van der Waals surface area contributed by atoms with Crippen molar-refractivity contribution < 1.29 is 4.79 Å². The third-order valence-corrected chi connectivity index (χ3v) is 3.30. The molecule has 0 atom stereocenters. The van der Waals surface area contributed by atoms with Crippen LogP contribution in [-0.2, 0) is 0 Å². The zero-order valence-electron chi connectivity index (χ0n) is 12.1. The summed E-state index contributed by atoms with van der Waals surface area (Å²) in [7, 11) is 0. The zero-order valence-corrected chi connectivity index (χ0v) is 12.9. The molecule has 0 bridgehead atoms. The van der Waals surface area contributed by atoms with Gasteiger partial charge in [-0.25, -0.2) is 0 Å². The van der Waals surface area contributed by atoms with Crippen molar-refractivity contribution in [3.05, 3.63) is 52.8 Å². The number of amides is 1. The predicted octanol–water partition coefficient (Wildman–Crippen LogP) is 4.12. The molecule has 0 aliphatic rings. The number of pyridine rings is 1. The number of nitrogens with one attached hydrogen (secondary N) is 2. The molecule has 0 saturated carbocycles. The average molecular weight is 304 g/mol. The Labute approximate surface area is 129 Å². The Hall–Kier alpha value is -2.07. The molecule has 110 valence electrons. The Balaban J connectivity index is 2.25. The minimum absolute atomic E-state index is 0.189. The van der Waals surface area contributed by atoms with Crippen molar-refractivity contribution in [2.45, 2.75) is 20.3 Å². The Morgan fingerprint density at radius 3 is 2.81 bits per heavy atom. The molecule has 1 heterocycles. The van der Waals surface area contributed by atoms with E-state index in [1.807, 2.05) is 13.0 Å². The lowest BCUT2D eigenvalue weighted by Gasteiger charge is -2.13. The number of anilines is 2. The number of aromatic nitrogens is 1. The molecule has 21 heavy (non-hydrogen) atoms. The van der Waals surface area contributed by atoms with Crippen LogP contribution in [0.2, 0.25) is 5.02 Å². The van der Waals surface area contributed by atoms with Gasteiger partial charge in [0.15, 0.2) is 0 Å². The molecule has 0 radical (unpaired) electrons. The fourth-order valence-electron chi connectivity index (χ4n) is 1.92. The van der Waals surface area contributed by atoms with Crippen LogP contribution in [0.3, 0.4) is 0 Å². The second-order valence-corrected chi connectivity index (χ2v) is 5.20. The molecule has 0 aliphatic heterocycles. The molecule has 2 aromatic rings. The van der Waals surface area contributed by atoms with Gasteiger partial charge < -0.3 is 10.6 Å². The number of nitrogens with zero attached hydrogens (tertiary/aromatic N) is 1. The molecule has 0 spiro atoms. The highest BCUT2D eigenvalue weighted by atomic mass is 35.5. The molecular formula is C16H18ClN3O. The zero-order chi connectivity index (χ0) is 15.2. The summed E-state index contributed by atoms with van der Waals surface area (Å²) in [5.41, 5.74) is 2.98. The molecule has 0 aliphatic carbocycles. The summed E-state index contributed by atoms with van der Waals surface area (Å²) < 4.78 is 0. The maximum atomic E-state index is 12.5. The van der Waals surface area contributed by atoms with Gasteiger partial charge in [0.05, 0.1) is 5.56 Å². The minimum Gasteiger partial charge on any atom is -0.384 e. The van der Waals surface area contributed by atoms with E-state index in [1.54, 1.807) is 30.6 Å². The summed E-state index contributed by atoms with van der Waals surface area (Å²) in [6.45, 7) is 4.77. The first-order valence-electron chi connectivity index (χ1n) is 6.87. The Kier molecular flexibility index (Phi) is 5.17. The van der Waals surface area contributed by atoms with Crippen LogP contribution in [0.4, 0.5) is 11.4 Å². The first-order chi connectivity index (χ1) is 10.1. The van der Waals surface area contributed by atoms with Crippen LogP contribution in [-0.4, -0.2) is 17.4 Å². The van der Waals surface area contributed by atoms with E-state index < -0.39 is 0 Å². The van der Waals surface area contributed by atoms with E-state index in [0.29, 0.717) is 10.6 Å². The average Bonchev–Trinajstić information content (AvgIpc) is 2.48. The van der Waals surface area contributed by atoms with Crippen molar-refractivity contribution in [3.8, 4) is 0 Å². The van der Waals surface area contributed by atoms with Gasteiger partial charge in [0.1, 0.15) is 0 Å². The summed E-state index contributed by atoms with van der Waals surface area (Å²) >= 11 is 6.01. The van der Waals surface area contributed by atoms with E-state index >= 15 is 0 Å². The van der Waals surface area contributed by atoms with Crippen molar-refractivity contribution in [2.24, 2.45) is 0 Å². The summed E-state index contributed by atoms with van der Waals surface area (Å²) in [6, 6.07) is 7.04. The lowest BCUT2D eigenvalue weighted by molar-refractivity contribution is 0.102. The number of hydrogen-bond acceptors (Lipinski definition) is 3. The smallest absolute Gasteiger partial charge is 0.257 e. The first kappa shape index (κ1) is 15.3. The minimum atomic E-state index is -0.189. The molecule has 2 rings (SSSR count). The number of benzene rings is 1. The topological polar surface area (TPSA) is 54.0 Å². The molecule has 0 fully saturated rings. The molecule has 2 N–H and O–H groups in total. The second kappa shape index (κ2) is 7.09. The van der Waals surface area contributed by atoms with Crippen LogP contribution in [0.1, 0.15) is 29.3 Å². The predicted molar refractivity (Wildman–Crippen MR) is 87.2 cm³/mol. The van der Waals surface area contributed by atoms with Gasteiger partial charge in [-0.05, 0) is 43.2 Å². The van der Waals surface area contributed by atoms with Crippen LogP contribution in [0.5, 0.6) is 0 Å². The lowest BCUT2D eigenvalue weighted by atomic mass is 10.1. The van der Waals surface area contributed by atoms with Crippen molar-refractivity contribution in [1.82, 2.24) is 4.98 Å². The molecule has 0 saturated heterocycles. The van der Waals surface area contributed by atoms with Crippen LogP contribution >= 0.6 is 11.6 Å². The van der Waals surface area contributed by atoms with Crippen molar-refractivity contribution >= 4 is 28.9 Å². The van der Waals surface area contributed by atoms with Gasteiger partial charge >= 0.3 is 0 Å². The molecule has 1 aromatic carbocycles. The Morgan fingerprint density at radius 2 is 2.10 bits per heavy atom. The lowest BCUT2D eigenvalue weighted by Crippen LogP contribution is -2.16. The van der Waals surface area contributed by atoms with Crippen LogP contribution in [0.15, 0.2) is 36.7 Å². The Bertz CT molecular complexity index is 643. The number of carbonyl (C=O) groups excluding carboxylic acids is 1. The van der Waals surface area contributed by atoms with Crippen LogP contribution in [0, 0.1) is 6.92 Å². The molecule has 0 unspecified atom stereocenters. The Morgan fingerprint density at radius 1 is 1.29 bits per heavy atom. The fraction of sp³-hybridized carbons (Fsp3) is 0.250. The van der Waals surface area contributed by atoms with Gasteiger partial charge in [-0.3, -0.25) is 9.78 Å². The van der Waals surface area contributed by atoms with Crippen LogP contribution in [0.25, 0.3) is 0 Å². The van der Waals surface area contributed by atoms with E-state index in [-0.39, 0.29) is 5.91 Å². The van der Waals surface area contributed by atoms with Crippen molar-refractivity contribution in [1.29, 1.82) is 0 Å². The summed E-state index contributed by atoms with van der Waals surface area (Å²) in [4.78, 5) is 16.5. The van der Waals surface area contributed by atoms with Gasteiger partial charge in [0, 0.05) is 35.3 Å². The SMILES string of the molecule is CCCNc1ccc(Cl)cc1C(=O)Nc1ccncc1C. The normalized spacial score (nSPS) is 10.2. The third kappa shape index (κ3) is 3.95. The van der Waals surface area contributed by atoms with E-state index in [1.165, 1.54) is 0 Å². The molecule has 1 amide bonds. The number of rotatable bonds is 5. The monoisotopic (exact) mass is 303 g/mol. The summed E-state index contributed by atoms with van der Waals surface area (Å²) in [5.74, 6) is -0.189. The summed E-state index contributed by atoms with van der Waals surface area (Å²) in [6.07, 6.45) is 4.34. The highest BCUT2D eigenvalue weighted by Crippen LogP contribution is 2.22. The maximum absolute atomic E-state index is 12.5. The van der Waals surface area contributed by atoms with E-state index in [0.717, 1.165) is 29.9 Å². The van der Waals surface area contributed by atoms with Gasteiger partial charge in [-0.15, -0.1) is 0 Å². The quantitative estimate of drug-likeness (QED) is 0.873. The molecule has 5 heteroatoms. The second-order valence-electron chi connectivity index (χ2n) is 4.76. The first-order valence-corrected chi connectivity index (χ1v) is 7.25. The van der Waals surface area contributed by atoms with E-state index in [4.69, 9.17) is 11.6 Å². The number of carbonyl (C=O) groups is 1. The van der Waals surface area contributed by atoms with Gasteiger partial charge in [-0.2, -0.15) is 0 Å². The highest BCUT2D eigenvalue weighted by Gasteiger charge is 2.13. The van der Waals surface area contributed by atoms with Gasteiger partial charge in [0.2, 0.25) is 0 Å². The largest absolute Gasteiger partial charge is 0.384 e. The number of halogens is 1. The van der Waals surface area contributed by atoms with Crippen molar-refractivity contribution in [3.63, 3.8) is 0 Å².